The number of nitrogens with zero attached hydrogens (tertiary/aromatic N) is 3. The van der Waals surface area contributed by atoms with E-state index in [4.69, 9.17) is 0 Å². The Morgan fingerprint density at radius 1 is 1.29 bits per heavy atom. The van der Waals surface area contributed by atoms with Gasteiger partial charge in [0, 0.05) is 30.6 Å². The van der Waals surface area contributed by atoms with E-state index in [1.807, 2.05) is 13.2 Å². The molecule has 0 atom stereocenters. The molecule has 2 aromatic rings. The number of halogens is 1. The first-order valence-corrected chi connectivity index (χ1v) is 4.28. The monoisotopic (exact) mass is 191 g/mol. The average Bonchev–Trinajstić information content (AvgIpc) is 2.57. The molecule has 0 aliphatic heterocycles. The van der Waals surface area contributed by atoms with Gasteiger partial charge in [0.1, 0.15) is 5.82 Å². The van der Waals surface area contributed by atoms with E-state index in [-0.39, 0.29) is 5.82 Å². The molecule has 0 radical (unpaired) electrons. The molecule has 2 rings (SSSR count). The zero-order valence-corrected chi connectivity index (χ0v) is 8.03. The third-order valence-corrected chi connectivity index (χ3v) is 2.06. The molecule has 2 heterocycles. The van der Waals surface area contributed by atoms with Crippen molar-refractivity contribution >= 4 is 0 Å². The van der Waals surface area contributed by atoms with Crippen LogP contribution in [0, 0.1) is 12.7 Å². The minimum atomic E-state index is -0.286. The van der Waals surface area contributed by atoms with E-state index < -0.39 is 0 Å². The first kappa shape index (κ1) is 8.87. The molecule has 0 aliphatic carbocycles. The van der Waals surface area contributed by atoms with E-state index in [0.29, 0.717) is 5.69 Å². The second-order valence-corrected chi connectivity index (χ2v) is 3.19. The first-order chi connectivity index (χ1) is 6.66. The number of hydrogen-bond donors (Lipinski definition) is 0. The molecule has 3 nitrogen and oxygen atoms in total. The Labute approximate surface area is 81.2 Å². The molecule has 0 aliphatic rings. The fourth-order valence-electron chi connectivity index (χ4n) is 1.23. The Morgan fingerprint density at radius 3 is 2.64 bits per heavy atom. The van der Waals surface area contributed by atoms with Crippen LogP contribution in [0.2, 0.25) is 0 Å². The van der Waals surface area contributed by atoms with Gasteiger partial charge in [0.05, 0.1) is 11.9 Å². The zero-order valence-electron chi connectivity index (χ0n) is 8.03. The minimum Gasteiger partial charge on any atom is -0.275 e. The van der Waals surface area contributed by atoms with Crippen molar-refractivity contribution in [1.82, 2.24) is 14.8 Å². The van der Waals surface area contributed by atoms with Gasteiger partial charge in [0.15, 0.2) is 0 Å². The van der Waals surface area contributed by atoms with Gasteiger partial charge < -0.3 is 0 Å². The van der Waals surface area contributed by atoms with E-state index >= 15 is 0 Å². The summed E-state index contributed by atoms with van der Waals surface area (Å²) in [6.45, 7) is 1.64. The van der Waals surface area contributed by atoms with E-state index in [9.17, 15) is 4.39 Å². The number of hydrogen-bond acceptors (Lipinski definition) is 2. The summed E-state index contributed by atoms with van der Waals surface area (Å²) in [5.41, 5.74) is 2.04. The summed E-state index contributed by atoms with van der Waals surface area (Å²) in [6, 6.07) is 1.47. The van der Waals surface area contributed by atoms with Crippen molar-refractivity contribution in [3.8, 4) is 11.1 Å². The highest BCUT2D eigenvalue weighted by atomic mass is 19.1. The van der Waals surface area contributed by atoms with Crippen molar-refractivity contribution in [3.05, 3.63) is 36.2 Å². The highest BCUT2D eigenvalue weighted by molar-refractivity contribution is 5.60. The normalized spacial score (nSPS) is 10.5. The smallest absolute Gasteiger partial charge is 0.145 e. The molecule has 72 valence electrons. The Bertz CT molecular complexity index is 462. The molecule has 0 fully saturated rings. The Hall–Kier alpha value is -1.71. The molecule has 0 spiro atoms. The van der Waals surface area contributed by atoms with Crippen molar-refractivity contribution in [3.63, 3.8) is 0 Å². The molecule has 14 heavy (non-hydrogen) atoms. The van der Waals surface area contributed by atoms with Gasteiger partial charge in [-0.2, -0.15) is 5.10 Å². The summed E-state index contributed by atoms with van der Waals surface area (Å²) in [5.74, 6) is -0.286. The van der Waals surface area contributed by atoms with Crippen molar-refractivity contribution in [2.45, 2.75) is 6.92 Å². The summed E-state index contributed by atoms with van der Waals surface area (Å²) < 4.78 is 14.9. The summed E-state index contributed by atoms with van der Waals surface area (Å²) in [5, 5.41) is 4.01. The lowest BCUT2D eigenvalue weighted by Gasteiger charge is -1.98. The van der Waals surface area contributed by atoms with Crippen LogP contribution in [0.25, 0.3) is 11.1 Å². The maximum absolute atomic E-state index is 13.2. The van der Waals surface area contributed by atoms with Gasteiger partial charge in [0.2, 0.25) is 0 Å². The second-order valence-electron chi connectivity index (χ2n) is 3.19. The van der Waals surface area contributed by atoms with Crippen molar-refractivity contribution < 1.29 is 4.39 Å². The summed E-state index contributed by atoms with van der Waals surface area (Å²) in [7, 11) is 1.82. The largest absolute Gasteiger partial charge is 0.275 e. The summed E-state index contributed by atoms with van der Waals surface area (Å²) >= 11 is 0. The molecule has 0 unspecified atom stereocenters. The van der Waals surface area contributed by atoms with Crippen LogP contribution in [0.15, 0.2) is 24.7 Å². The maximum Gasteiger partial charge on any atom is 0.145 e. The van der Waals surface area contributed by atoms with Gasteiger partial charge in [-0.3, -0.25) is 9.67 Å². The van der Waals surface area contributed by atoms with Gasteiger partial charge in [-0.15, -0.1) is 0 Å². The Balaban J connectivity index is 2.47. The molecular formula is C10H10FN3. The lowest BCUT2D eigenvalue weighted by molar-refractivity contribution is 0.610. The quantitative estimate of drug-likeness (QED) is 0.689. The Kier molecular flexibility index (Phi) is 2.04. The van der Waals surface area contributed by atoms with Gasteiger partial charge in [-0.05, 0) is 13.0 Å². The molecule has 4 heteroatoms. The van der Waals surface area contributed by atoms with Crippen LogP contribution in [-0.2, 0) is 7.05 Å². The number of aryl methyl sites for hydroxylation is 2. The average molecular weight is 191 g/mol. The van der Waals surface area contributed by atoms with Gasteiger partial charge >= 0.3 is 0 Å². The summed E-state index contributed by atoms with van der Waals surface area (Å²) in [4.78, 5) is 3.95. The first-order valence-electron chi connectivity index (χ1n) is 4.28. The maximum atomic E-state index is 13.2. The van der Waals surface area contributed by atoms with Crippen LogP contribution in [0.3, 0.4) is 0 Å². The predicted molar refractivity (Wildman–Crippen MR) is 51.1 cm³/mol. The zero-order chi connectivity index (χ0) is 10.1. The molecule has 0 saturated carbocycles. The standard InChI is InChI=1S/C10H10FN3/c1-7-10(11)3-8(4-12-7)9-5-13-14(2)6-9/h3-6H,1-2H3. The SMILES string of the molecule is Cc1ncc(-c2cnn(C)c2)cc1F. The van der Waals surface area contributed by atoms with Crippen molar-refractivity contribution in [2.75, 3.05) is 0 Å². The highest BCUT2D eigenvalue weighted by Crippen LogP contribution is 2.18. The van der Waals surface area contributed by atoms with Crippen LogP contribution >= 0.6 is 0 Å². The predicted octanol–water partition coefficient (Wildman–Crippen LogP) is 1.93. The van der Waals surface area contributed by atoms with Crippen LogP contribution < -0.4 is 0 Å². The molecule has 0 amide bonds. The molecular weight excluding hydrogens is 181 g/mol. The van der Waals surface area contributed by atoms with E-state index in [0.717, 1.165) is 11.1 Å². The van der Waals surface area contributed by atoms with Gasteiger partial charge in [-0.25, -0.2) is 4.39 Å². The van der Waals surface area contributed by atoms with Crippen molar-refractivity contribution in [2.24, 2.45) is 7.05 Å². The molecule has 0 saturated heterocycles. The fraction of sp³-hybridized carbons (Fsp3) is 0.200. The molecule has 2 aromatic heterocycles. The lowest BCUT2D eigenvalue weighted by Crippen LogP contribution is -1.88. The highest BCUT2D eigenvalue weighted by Gasteiger charge is 2.04. The van der Waals surface area contributed by atoms with Gasteiger partial charge in [-0.1, -0.05) is 0 Å². The molecule has 0 N–H and O–H groups in total. The number of rotatable bonds is 1. The van der Waals surface area contributed by atoms with Crippen LogP contribution in [-0.4, -0.2) is 14.8 Å². The number of aromatic nitrogens is 3. The van der Waals surface area contributed by atoms with Gasteiger partial charge in [0.25, 0.3) is 0 Å². The number of pyridine rings is 1. The van der Waals surface area contributed by atoms with E-state index in [1.165, 1.54) is 6.07 Å². The third-order valence-electron chi connectivity index (χ3n) is 2.06. The van der Waals surface area contributed by atoms with Crippen LogP contribution in [0.5, 0.6) is 0 Å². The molecule has 0 bridgehead atoms. The van der Waals surface area contributed by atoms with Crippen molar-refractivity contribution in [1.29, 1.82) is 0 Å². The third kappa shape index (κ3) is 1.51. The lowest BCUT2D eigenvalue weighted by atomic mass is 10.1. The van der Waals surface area contributed by atoms with E-state index in [2.05, 4.69) is 10.1 Å². The topological polar surface area (TPSA) is 30.7 Å². The van der Waals surface area contributed by atoms with E-state index in [1.54, 1.807) is 24.0 Å². The summed E-state index contributed by atoms with van der Waals surface area (Å²) in [6.07, 6.45) is 5.16. The fourth-order valence-corrected chi connectivity index (χ4v) is 1.23. The Morgan fingerprint density at radius 2 is 2.07 bits per heavy atom. The van der Waals surface area contributed by atoms with Crippen LogP contribution in [0.1, 0.15) is 5.69 Å². The van der Waals surface area contributed by atoms with Crippen LogP contribution in [0.4, 0.5) is 4.39 Å². The second kappa shape index (κ2) is 3.21. The minimum absolute atomic E-state index is 0.286. The molecule has 0 aromatic carbocycles.